The highest BCUT2D eigenvalue weighted by Crippen LogP contribution is 2.29. The fourth-order valence-corrected chi connectivity index (χ4v) is 3.76. The molecule has 3 aromatic carbocycles. The number of carbonyl (C=O) groups is 1. The Labute approximate surface area is 173 Å². The molecule has 30 heavy (non-hydrogen) atoms. The second-order valence-electron chi connectivity index (χ2n) is 7.21. The Balaban J connectivity index is 1.74. The SMILES string of the molecule is CC(=O)c1ccc2c(c1)C(c1ccccc1F)=NCc1nc(-c3ccccc3)cn1-2. The minimum absolute atomic E-state index is 0.0502. The number of aliphatic imine (C=N–C) groups is 1. The molecular weight excluding hydrogens is 377 g/mol. The predicted molar refractivity (Wildman–Crippen MR) is 115 cm³/mol. The summed E-state index contributed by atoms with van der Waals surface area (Å²) in [5, 5.41) is 0. The van der Waals surface area contributed by atoms with E-state index in [-0.39, 0.29) is 11.6 Å². The molecule has 5 rings (SSSR count). The van der Waals surface area contributed by atoms with Crippen molar-refractivity contribution in [2.75, 3.05) is 0 Å². The lowest BCUT2D eigenvalue weighted by atomic mass is 9.97. The van der Waals surface area contributed by atoms with Crippen LogP contribution in [0.15, 0.2) is 84.0 Å². The van der Waals surface area contributed by atoms with Crippen molar-refractivity contribution >= 4 is 11.5 Å². The maximum atomic E-state index is 14.6. The van der Waals surface area contributed by atoms with E-state index < -0.39 is 0 Å². The van der Waals surface area contributed by atoms with Crippen LogP contribution >= 0.6 is 0 Å². The molecule has 0 atom stereocenters. The number of imidazole rings is 1. The number of fused-ring (bicyclic) bond motifs is 3. The number of nitrogens with zero attached hydrogens (tertiary/aromatic N) is 3. The third-order valence-corrected chi connectivity index (χ3v) is 5.27. The monoisotopic (exact) mass is 395 g/mol. The van der Waals surface area contributed by atoms with Crippen LogP contribution in [0.25, 0.3) is 16.9 Å². The van der Waals surface area contributed by atoms with E-state index in [4.69, 9.17) is 9.98 Å². The zero-order valence-corrected chi connectivity index (χ0v) is 16.3. The molecule has 1 aliphatic heterocycles. The lowest BCUT2D eigenvalue weighted by Gasteiger charge is -2.13. The van der Waals surface area contributed by atoms with Gasteiger partial charge in [-0.25, -0.2) is 9.37 Å². The lowest BCUT2D eigenvalue weighted by Crippen LogP contribution is -2.10. The summed E-state index contributed by atoms with van der Waals surface area (Å²) < 4.78 is 16.6. The minimum atomic E-state index is -0.347. The Kier molecular flexibility index (Phi) is 4.36. The Hall–Kier alpha value is -3.86. The van der Waals surface area contributed by atoms with Crippen molar-refractivity contribution in [1.82, 2.24) is 9.55 Å². The molecule has 2 heterocycles. The number of carbonyl (C=O) groups excluding carboxylic acids is 1. The van der Waals surface area contributed by atoms with Crippen molar-refractivity contribution in [1.29, 1.82) is 0 Å². The van der Waals surface area contributed by atoms with Crippen LogP contribution in [0.5, 0.6) is 0 Å². The molecule has 0 aliphatic carbocycles. The molecule has 0 saturated carbocycles. The standard InChI is InChI=1S/C25H18FN3O/c1-16(30)18-11-12-23-20(13-18)25(19-9-5-6-10-21(19)26)27-14-24-28-22(15-29(23)24)17-7-3-2-4-8-17/h2-13,15H,14H2,1H3. The number of ketones is 1. The maximum Gasteiger partial charge on any atom is 0.159 e. The number of rotatable bonds is 3. The molecule has 146 valence electrons. The fraction of sp³-hybridized carbons (Fsp3) is 0.0800. The van der Waals surface area contributed by atoms with Gasteiger partial charge in [0, 0.05) is 28.5 Å². The third-order valence-electron chi connectivity index (χ3n) is 5.27. The van der Waals surface area contributed by atoms with Gasteiger partial charge in [-0.05, 0) is 37.3 Å². The van der Waals surface area contributed by atoms with E-state index in [0.29, 0.717) is 28.9 Å². The molecule has 0 amide bonds. The summed E-state index contributed by atoms with van der Waals surface area (Å²) in [6.45, 7) is 1.83. The van der Waals surface area contributed by atoms with Gasteiger partial charge in [0.1, 0.15) is 11.6 Å². The molecule has 0 bridgehead atoms. The molecule has 0 unspecified atom stereocenters. The molecule has 0 fully saturated rings. The Morgan fingerprint density at radius 2 is 1.73 bits per heavy atom. The summed E-state index contributed by atoms with van der Waals surface area (Å²) in [4.78, 5) is 21.5. The maximum absolute atomic E-state index is 14.6. The highest BCUT2D eigenvalue weighted by molar-refractivity contribution is 6.16. The molecule has 0 radical (unpaired) electrons. The Bertz CT molecular complexity index is 1310. The first-order valence-electron chi connectivity index (χ1n) is 9.70. The van der Waals surface area contributed by atoms with Gasteiger partial charge in [0.25, 0.3) is 0 Å². The Morgan fingerprint density at radius 1 is 0.967 bits per heavy atom. The molecular formula is C25H18FN3O. The highest BCUT2D eigenvalue weighted by Gasteiger charge is 2.23. The topological polar surface area (TPSA) is 47.2 Å². The average molecular weight is 395 g/mol. The van der Waals surface area contributed by atoms with Crippen LogP contribution in [0.4, 0.5) is 4.39 Å². The molecule has 1 aromatic heterocycles. The number of hydrogen-bond donors (Lipinski definition) is 0. The smallest absolute Gasteiger partial charge is 0.159 e. The van der Waals surface area contributed by atoms with Crippen molar-refractivity contribution in [2.24, 2.45) is 4.99 Å². The first-order chi connectivity index (χ1) is 14.6. The van der Waals surface area contributed by atoms with Crippen molar-refractivity contribution in [2.45, 2.75) is 13.5 Å². The van der Waals surface area contributed by atoms with Gasteiger partial charge in [0.15, 0.2) is 5.78 Å². The molecule has 0 saturated heterocycles. The van der Waals surface area contributed by atoms with Crippen LogP contribution in [0.3, 0.4) is 0 Å². The zero-order chi connectivity index (χ0) is 20.7. The van der Waals surface area contributed by atoms with Crippen molar-refractivity contribution in [3.05, 3.63) is 107 Å². The van der Waals surface area contributed by atoms with E-state index in [1.807, 2.05) is 47.2 Å². The van der Waals surface area contributed by atoms with E-state index in [1.54, 1.807) is 30.3 Å². The second-order valence-corrected chi connectivity index (χ2v) is 7.21. The van der Waals surface area contributed by atoms with Gasteiger partial charge in [-0.3, -0.25) is 9.79 Å². The summed E-state index contributed by atoms with van der Waals surface area (Å²) in [6.07, 6.45) is 1.97. The summed E-state index contributed by atoms with van der Waals surface area (Å²) in [5.41, 5.74) is 4.89. The quantitative estimate of drug-likeness (QED) is 0.446. The van der Waals surface area contributed by atoms with Gasteiger partial charge < -0.3 is 4.57 Å². The fourth-order valence-electron chi connectivity index (χ4n) is 3.76. The van der Waals surface area contributed by atoms with E-state index in [0.717, 1.165) is 22.8 Å². The molecule has 1 aliphatic rings. The van der Waals surface area contributed by atoms with Gasteiger partial charge in [0.05, 0.1) is 23.6 Å². The average Bonchev–Trinajstić information content (AvgIpc) is 3.13. The van der Waals surface area contributed by atoms with Crippen LogP contribution in [0.2, 0.25) is 0 Å². The van der Waals surface area contributed by atoms with Gasteiger partial charge in [-0.15, -0.1) is 0 Å². The van der Waals surface area contributed by atoms with Gasteiger partial charge >= 0.3 is 0 Å². The number of aromatic nitrogens is 2. The van der Waals surface area contributed by atoms with Crippen LogP contribution in [-0.2, 0) is 6.54 Å². The molecule has 4 aromatic rings. The highest BCUT2D eigenvalue weighted by atomic mass is 19.1. The summed E-state index contributed by atoms with van der Waals surface area (Å²) in [7, 11) is 0. The van der Waals surface area contributed by atoms with Crippen LogP contribution < -0.4 is 0 Å². The number of benzene rings is 3. The lowest BCUT2D eigenvalue weighted by molar-refractivity contribution is 0.101. The van der Waals surface area contributed by atoms with E-state index >= 15 is 0 Å². The van der Waals surface area contributed by atoms with Crippen molar-refractivity contribution in [3.63, 3.8) is 0 Å². The molecule has 0 spiro atoms. The number of Topliss-reactive ketones (excluding diaryl/α,β-unsaturated/α-hetero) is 1. The molecule has 5 heteroatoms. The first kappa shape index (κ1) is 18.2. The van der Waals surface area contributed by atoms with E-state index in [2.05, 4.69) is 0 Å². The van der Waals surface area contributed by atoms with Crippen LogP contribution in [0, 0.1) is 5.82 Å². The van der Waals surface area contributed by atoms with Crippen molar-refractivity contribution in [3.8, 4) is 16.9 Å². The van der Waals surface area contributed by atoms with Gasteiger partial charge in [-0.1, -0.05) is 42.5 Å². The summed E-state index contributed by atoms with van der Waals surface area (Å²) in [5.74, 6) is 0.364. The molecule has 0 N–H and O–H groups in total. The Morgan fingerprint density at radius 3 is 2.50 bits per heavy atom. The molecule has 4 nitrogen and oxygen atoms in total. The van der Waals surface area contributed by atoms with Crippen molar-refractivity contribution < 1.29 is 9.18 Å². The van der Waals surface area contributed by atoms with E-state index in [1.165, 1.54) is 13.0 Å². The normalized spacial score (nSPS) is 12.5. The largest absolute Gasteiger partial charge is 0.301 e. The first-order valence-corrected chi connectivity index (χ1v) is 9.70. The van der Waals surface area contributed by atoms with Crippen LogP contribution in [0.1, 0.15) is 34.2 Å². The number of halogens is 1. The summed E-state index contributed by atoms with van der Waals surface area (Å²) >= 11 is 0. The second kappa shape index (κ2) is 7.19. The predicted octanol–water partition coefficient (Wildman–Crippen LogP) is 5.23. The zero-order valence-electron chi connectivity index (χ0n) is 16.3. The number of hydrogen-bond acceptors (Lipinski definition) is 3. The third kappa shape index (κ3) is 3.05. The summed E-state index contributed by atoms with van der Waals surface area (Å²) in [6, 6.07) is 22.0. The van der Waals surface area contributed by atoms with Crippen LogP contribution in [-0.4, -0.2) is 21.0 Å². The van der Waals surface area contributed by atoms with Gasteiger partial charge in [-0.2, -0.15) is 0 Å². The van der Waals surface area contributed by atoms with E-state index in [9.17, 15) is 9.18 Å². The van der Waals surface area contributed by atoms with Gasteiger partial charge in [0.2, 0.25) is 0 Å². The minimum Gasteiger partial charge on any atom is -0.301 e.